The summed E-state index contributed by atoms with van der Waals surface area (Å²) in [4.78, 5) is 54.2. The quantitative estimate of drug-likeness (QED) is 0.687. The van der Waals surface area contributed by atoms with Gasteiger partial charge in [-0.25, -0.2) is 4.68 Å². The second-order valence-corrected chi connectivity index (χ2v) is 10.3. The number of carbonyl (C=O) groups is 2. The van der Waals surface area contributed by atoms with E-state index in [9.17, 15) is 19.2 Å². The summed E-state index contributed by atoms with van der Waals surface area (Å²) in [6, 6.07) is 10.6. The Balaban J connectivity index is 1.31. The number of likely N-dealkylation sites (tertiary alicyclic amines) is 1. The zero-order chi connectivity index (χ0) is 25.1. The van der Waals surface area contributed by atoms with Crippen LogP contribution in [0.25, 0.3) is 0 Å². The molecule has 1 N–H and O–H groups in total. The number of piperidine rings is 1. The SMILES string of the molecule is O=C(Cn1[nH]c(=O)ccc1=O)N1CCC2(CCCCc3ccccc3OC[C@@H]3CCCN3C2=O)CC1. The highest BCUT2D eigenvalue weighted by Crippen LogP contribution is 2.41. The Morgan fingerprint density at radius 3 is 2.61 bits per heavy atom. The molecule has 5 rings (SSSR count). The van der Waals surface area contributed by atoms with Crippen LogP contribution in [-0.2, 0) is 22.6 Å². The van der Waals surface area contributed by atoms with Crippen molar-refractivity contribution in [3.8, 4) is 5.75 Å². The number of fused-ring (bicyclic) bond motifs is 2. The fraction of sp³-hybridized carbons (Fsp3) is 0.556. The van der Waals surface area contributed by atoms with Gasteiger partial charge in [-0.1, -0.05) is 24.6 Å². The molecule has 0 unspecified atom stereocenters. The maximum Gasteiger partial charge on any atom is 0.265 e. The molecule has 0 bridgehead atoms. The largest absolute Gasteiger partial charge is 0.491 e. The number of carbonyl (C=O) groups excluding carboxylic acids is 2. The molecule has 2 saturated heterocycles. The zero-order valence-electron chi connectivity index (χ0n) is 20.6. The maximum absolute atomic E-state index is 14.0. The van der Waals surface area contributed by atoms with E-state index in [1.807, 2.05) is 23.1 Å². The van der Waals surface area contributed by atoms with Crippen LogP contribution in [0, 0.1) is 5.41 Å². The van der Waals surface area contributed by atoms with Gasteiger partial charge in [-0.3, -0.25) is 24.3 Å². The average molecular weight is 495 g/mol. The van der Waals surface area contributed by atoms with Crippen LogP contribution < -0.4 is 15.9 Å². The summed E-state index contributed by atoms with van der Waals surface area (Å²) in [5.41, 5.74) is -0.103. The molecule has 3 aliphatic heterocycles. The van der Waals surface area contributed by atoms with Crippen LogP contribution in [0.3, 0.4) is 0 Å². The van der Waals surface area contributed by atoms with E-state index in [1.165, 1.54) is 5.56 Å². The van der Waals surface area contributed by atoms with E-state index in [-0.39, 0.29) is 24.4 Å². The Bertz CT molecular complexity index is 1230. The Morgan fingerprint density at radius 1 is 0.972 bits per heavy atom. The van der Waals surface area contributed by atoms with E-state index >= 15 is 0 Å². The Labute approximate surface area is 210 Å². The number of benzene rings is 1. The molecule has 3 aliphatic rings. The highest BCUT2D eigenvalue weighted by atomic mass is 16.5. The van der Waals surface area contributed by atoms with Gasteiger partial charge in [0, 0.05) is 31.8 Å². The fourth-order valence-electron chi connectivity index (χ4n) is 5.97. The highest BCUT2D eigenvalue weighted by molar-refractivity contribution is 5.84. The first-order valence-electron chi connectivity index (χ1n) is 13.0. The second kappa shape index (κ2) is 10.3. The van der Waals surface area contributed by atoms with Gasteiger partial charge in [-0.2, -0.15) is 0 Å². The van der Waals surface area contributed by atoms with E-state index in [4.69, 9.17) is 4.74 Å². The number of nitrogens with one attached hydrogen (secondary N) is 1. The van der Waals surface area contributed by atoms with Crippen molar-refractivity contribution < 1.29 is 14.3 Å². The van der Waals surface area contributed by atoms with Crippen molar-refractivity contribution in [2.75, 3.05) is 26.2 Å². The molecule has 0 aliphatic carbocycles. The van der Waals surface area contributed by atoms with E-state index in [0.717, 1.165) is 67.6 Å². The van der Waals surface area contributed by atoms with Crippen molar-refractivity contribution in [2.24, 2.45) is 5.41 Å². The summed E-state index contributed by atoms with van der Waals surface area (Å²) in [7, 11) is 0. The van der Waals surface area contributed by atoms with Crippen molar-refractivity contribution in [3.05, 3.63) is 62.7 Å². The number of hydrogen-bond acceptors (Lipinski definition) is 5. The number of rotatable bonds is 2. The molecule has 4 heterocycles. The van der Waals surface area contributed by atoms with E-state index in [1.54, 1.807) is 4.90 Å². The predicted molar refractivity (Wildman–Crippen MR) is 134 cm³/mol. The number of aromatic nitrogens is 2. The van der Waals surface area contributed by atoms with Gasteiger partial charge in [0.05, 0.1) is 11.5 Å². The van der Waals surface area contributed by atoms with Crippen molar-refractivity contribution in [3.63, 3.8) is 0 Å². The molecule has 9 heteroatoms. The normalized spacial score (nSPS) is 22.2. The molecular weight excluding hydrogens is 460 g/mol. The lowest BCUT2D eigenvalue weighted by Crippen LogP contribution is -2.53. The van der Waals surface area contributed by atoms with Gasteiger partial charge >= 0.3 is 0 Å². The van der Waals surface area contributed by atoms with Crippen LogP contribution in [0.2, 0.25) is 0 Å². The summed E-state index contributed by atoms with van der Waals surface area (Å²) < 4.78 is 7.27. The number of hydrogen-bond donors (Lipinski definition) is 1. The minimum absolute atomic E-state index is 0.0725. The number of nitrogens with zero attached hydrogens (tertiary/aromatic N) is 3. The molecule has 1 spiro atoms. The van der Waals surface area contributed by atoms with Crippen LogP contribution >= 0.6 is 0 Å². The Morgan fingerprint density at radius 2 is 1.78 bits per heavy atom. The summed E-state index contributed by atoms with van der Waals surface area (Å²) >= 11 is 0. The summed E-state index contributed by atoms with van der Waals surface area (Å²) in [5.74, 6) is 0.911. The van der Waals surface area contributed by atoms with Gasteiger partial charge in [0.2, 0.25) is 11.8 Å². The fourth-order valence-corrected chi connectivity index (χ4v) is 5.97. The molecule has 1 atom stereocenters. The van der Waals surface area contributed by atoms with Crippen molar-refractivity contribution in [1.29, 1.82) is 0 Å². The lowest BCUT2D eigenvalue weighted by atomic mass is 9.73. The molecule has 9 nitrogen and oxygen atoms in total. The minimum atomic E-state index is -0.476. The highest BCUT2D eigenvalue weighted by Gasteiger charge is 2.46. The summed E-state index contributed by atoms with van der Waals surface area (Å²) in [6.07, 6.45) is 6.79. The molecular formula is C27H34N4O5. The molecule has 2 fully saturated rings. The summed E-state index contributed by atoms with van der Waals surface area (Å²) in [6.45, 7) is 1.99. The molecule has 0 radical (unpaired) electrons. The predicted octanol–water partition coefficient (Wildman–Crippen LogP) is 1.94. The second-order valence-electron chi connectivity index (χ2n) is 10.3. The first kappa shape index (κ1) is 24.3. The number of ether oxygens (including phenoxy) is 1. The lowest BCUT2D eigenvalue weighted by molar-refractivity contribution is -0.150. The van der Waals surface area contributed by atoms with Crippen molar-refractivity contribution in [2.45, 2.75) is 64.0 Å². The van der Waals surface area contributed by atoms with Crippen LogP contribution in [0.1, 0.15) is 50.5 Å². The third kappa shape index (κ3) is 4.96. The Hall–Kier alpha value is -3.36. The number of para-hydroxylation sites is 1. The molecule has 0 saturated carbocycles. The molecule has 192 valence electrons. The van der Waals surface area contributed by atoms with Gasteiger partial charge in [0.25, 0.3) is 11.1 Å². The Kier molecular flexibility index (Phi) is 6.98. The van der Waals surface area contributed by atoms with Crippen LogP contribution in [0.15, 0.2) is 46.0 Å². The molecule has 1 aromatic heterocycles. The van der Waals surface area contributed by atoms with E-state index in [2.05, 4.69) is 11.2 Å². The van der Waals surface area contributed by atoms with Gasteiger partial charge < -0.3 is 14.5 Å². The number of aromatic amines is 1. The van der Waals surface area contributed by atoms with Crippen LogP contribution in [0.5, 0.6) is 5.75 Å². The summed E-state index contributed by atoms with van der Waals surface area (Å²) in [5, 5.41) is 2.41. The van der Waals surface area contributed by atoms with Gasteiger partial charge in [-0.05, 0) is 56.6 Å². The number of aryl methyl sites for hydroxylation is 1. The first-order valence-corrected chi connectivity index (χ1v) is 13.0. The number of H-pyrrole nitrogens is 1. The zero-order valence-corrected chi connectivity index (χ0v) is 20.6. The number of amides is 2. The third-order valence-electron chi connectivity index (χ3n) is 8.10. The third-order valence-corrected chi connectivity index (χ3v) is 8.10. The van der Waals surface area contributed by atoms with Crippen molar-refractivity contribution in [1.82, 2.24) is 19.6 Å². The standard InChI is InChI=1S/C27H34N4O5/c32-23-10-11-24(33)31(28-23)18-25(34)29-16-13-27(14-17-29)12-4-3-7-20-6-1-2-9-22(20)36-19-21-8-5-15-30(21)26(27)35/h1-2,6,9-11,21H,3-5,7-8,12-19H2,(H,28,32)/t21-/m0/s1. The van der Waals surface area contributed by atoms with Crippen LogP contribution in [-0.4, -0.2) is 63.7 Å². The van der Waals surface area contributed by atoms with Gasteiger partial charge in [0.1, 0.15) is 18.9 Å². The molecule has 36 heavy (non-hydrogen) atoms. The molecule has 1 aromatic carbocycles. The maximum atomic E-state index is 14.0. The minimum Gasteiger partial charge on any atom is -0.491 e. The molecule has 2 aromatic rings. The van der Waals surface area contributed by atoms with Crippen LogP contribution in [0.4, 0.5) is 0 Å². The topological polar surface area (TPSA) is 105 Å². The molecule has 2 amide bonds. The van der Waals surface area contributed by atoms with Gasteiger partial charge in [0.15, 0.2) is 0 Å². The lowest BCUT2D eigenvalue weighted by Gasteiger charge is -2.44. The van der Waals surface area contributed by atoms with Crippen molar-refractivity contribution >= 4 is 11.8 Å². The van der Waals surface area contributed by atoms with Gasteiger partial charge in [-0.15, -0.1) is 0 Å². The average Bonchev–Trinajstić information content (AvgIpc) is 3.36. The first-order chi connectivity index (χ1) is 17.4. The monoisotopic (exact) mass is 494 g/mol. The van der Waals surface area contributed by atoms with E-state index < -0.39 is 16.5 Å². The smallest absolute Gasteiger partial charge is 0.265 e. The van der Waals surface area contributed by atoms with E-state index in [0.29, 0.717) is 32.5 Å².